The zero-order valence-electron chi connectivity index (χ0n) is 24.0. The Morgan fingerprint density at radius 3 is 1.27 bits per heavy atom. The van der Waals surface area contributed by atoms with E-state index in [2.05, 4.69) is 24.8 Å². The number of allylic oxidation sites excluding steroid dienone is 3. The second-order valence-electron chi connectivity index (χ2n) is 11.9. The van der Waals surface area contributed by atoms with Gasteiger partial charge in [0.05, 0.1) is 5.41 Å². The second kappa shape index (κ2) is 17.8. The summed E-state index contributed by atoms with van der Waals surface area (Å²) in [6, 6.07) is 0. The molecule has 2 heteroatoms. The summed E-state index contributed by atoms with van der Waals surface area (Å²) >= 11 is 0. The van der Waals surface area contributed by atoms with Crippen LogP contribution in [0.1, 0.15) is 154 Å². The Balaban J connectivity index is 2.13. The fourth-order valence-electron chi connectivity index (χ4n) is 6.93. The zero-order chi connectivity index (χ0) is 26.0. The molecule has 0 aromatic rings. The van der Waals surface area contributed by atoms with Gasteiger partial charge in [-0.15, -0.1) is 0 Å². The molecule has 3 aliphatic rings. The molecule has 0 fully saturated rings. The molecule has 0 bridgehead atoms. The number of esters is 1. The van der Waals surface area contributed by atoms with Crippen molar-refractivity contribution in [2.45, 2.75) is 154 Å². The average Bonchev–Trinajstić information content (AvgIpc) is 2.94. The van der Waals surface area contributed by atoms with Crippen LogP contribution >= 0.6 is 0 Å². The van der Waals surface area contributed by atoms with Crippen LogP contribution in [0.2, 0.25) is 0 Å². The Morgan fingerprint density at radius 1 is 0.595 bits per heavy atom. The molecule has 0 unspecified atom stereocenters. The van der Waals surface area contributed by atoms with Crippen LogP contribution in [-0.2, 0) is 9.53 Å². The molecule has 0 radical (unpaired) electrons. The summed E-state index contributed by atoms with van der Waals surface area (Å²) in [7, 11) is 0. The lowest BCUT2D eigenvalue weighted by Crippen LogP contribution is -2.36. The molecule has 0 saturated carbocycles. The predicted octanol–water partition coefficient (Wildman–Crippen LogP) is 10.9. The first-order chi connectivity index (χ1) is 18.3. The van der Waals surface area contributed by atoms with Gasteiger partial charge in [0.2, 0.25) is 0 Å². The molecular formula is C35H56O2. The molecule has 0 aliphatic heterocycles. The molecular weight excluding hydrogens is 452 g/mol. The normalized spacial score (nSPS) is 26.6. The minimum Gasteiger partial charge on any atom is -0.461 e. The van der Waals surface area contributed by atoms with E-state index in [0.717, 1.165) is 38.5 Å². The highest BCUT2D eigenvalue weighted by Gasteiger charge is 2.42. The van der Waals surface area contributed by atoms with Gasteiger partial charge in [-0.05, 0) is 77.0 Å². The van der Waals surface area contributed by atoms with E-state index in [1.807, 2.05) is 0 Å². The van der Waals surface area contributed by atoms with E-state index >= 15 is 0 Å². The van der Waals surface area contributed by atoms with Crippen LogP contribution in [0.3, 0.4) is 0 Å². The van der Waals surface area contributed by atoms with Gasteiger partial charge in [0, 0.05) is 6.08 Å². The Hall–Kier alpha value is -1.57. The first kappa shape index (κ1) is 30.0. The van der Waals surface area contributed by atoms with Gasteiger partial charge in [-0.3, -0.25) is 0 Å². The van der Waals surface area contributed by atoms with Crippen LogP contribution in [-0.4, -0.2) is 12.6 Å². The highest BCUT2D eigenvalue weighted by atomic mass is 16.5. The minimum absolute atomic E-state index is 0.254. The van der Waals surface area contributed by atoms with E-state index in [1.54, 1.807) is 16.7 Å². The van der Waals surface area contributed by atoms with Crippen LogP contribution in [0.15, 0.2) is 47.6 Å². The Labute approximate surface area is 229 Å². The number of ether oxygens (including phenoxy) is 1. The quantitative estimate of drug-likeness (QED) is 0.202. The lowest BCUT2D eigenvalue weighted by Gasteiger charge is -2.42. The van der Waals surface area contributed by atoms with Crippen molar-refractivity contribution in [1.29, 1.82) is 0 Å². The zero-order valence-corrected chi connectivity index (χ0v) is 24.0. The maximum Gasteiger partial charge on any atom is 0.330 e. The van der Waals surface area contributed by atoms with E-state index in [0.29, 0.717) is 6.61 Å². The summed E-state index contributed by atoms with van der Waals surface area (Å²) in [4.78, 5) is 12.6. The van der Waals surface area contributed by atoms with Crippen molar-refractivity contribution in [3.63, 3.8) is 0 Å². The van der Waals surface area contributed by atoms with Crippen molar-refractivity contribution < 1.29 is 9.53 Å². The third-order valence-electron chi connectivity index (χ3n) is 9.12. The molecule has 0 aromatic heterocycles. The molecule has 0 N–H and O–H groups in total. The highest BCUT2D eigenvalue weighted by Crippen LogP contribution is 2.50. The lowest BCUT2D eigenvalue weighted by atomic mass is 9.63. The summed E-state index contributed by atoms with van der Waals surface area (Å²) in [5, 5.41) is 0. The average molecular weight is 509 g/mol. The van der Waals surface area contributed by atoms with Gasteiger partial charge in [-0.25, -0.2) is 4.79 Å². The predicted molar refractivity (Wildman–Crippen MR) is 159 cm³/mol. The van der Waals surface area contributed by atoms with Crippen molar-refractivity contribution >= 4 is 5.97 Å². The van der Waals surface area contributed by atoms with Crippen molar-refractivity contribution in [2.75, 3.05) is 6.61 Å². The summed E-state index contributed by atoms with van der Waals surface area (Å²) in [6.45, 7) is 4.19. The number of carbonyl (C=O) groups excluding carboxylic acids is 1. The molecule has 37 heavy (non-hydrogen) atoms. The van der Waals surface area contributed by atoms with Gasteiger partial charge in [0.1, 0.15) is 6.61 Å². The van der Waals surface area contributed by atoms with E-state index in [9.17, 15) is 4.79 Å². The van der Waals surface area contributed by atoms with Crippen LogP contribution in [0.5, 0.6) is 0 Å². The molecule has 0 atom stereocenters. The fraction of sp³-hybridized carbons (Fsp3) is 0.743. The van der Waals surface area contributed by atoms with Gasteiger partial charge < -0.3 is 4.74 Å². The second-order valence-corrected chi connectivity index (χ2v) is 11.9. The molecule has 0 amide bonds. The molecule has 208 valence electrons. The smallest absolute Gasteiger partial charge is 0.330 e. The highest BCUT2D eigenvalue weighted by molar-refractivity contribution is 5.81. The van der Waals surface area contributed by atoms with Gasteiger partial charge in [0.25, 0.3) is 0 Å². The Kier molecular flexibility index (Phi) is 14.5. The molecule has 0 spiro atoms. The standard InChI is InChI=1S/C35H56O2/c1-2-34(36)37-30-35(31-24-18-12-6-3-7-13-19-25-31,32-26-20-14-8-4-9-15-21-27-32)33-28-22-16-10-5-11-17-23-29-33/h2,24,26,28H,1,3-23,25,27,29-30H2/b31-24+,32-26+,33-28+. The third kappa shape index (κ3) is 9.92. The Morgan fingerprint density at radius 2 is 0.919 bits per heavy atom. The third-order valence-corrected chi connectivity index (χ3v) is 9.12. The van der Waals surface area contributed by atoms with Crippen molar-refractivity contribution in [2.24, 2.45) is 5.41 Å². The molecule has 3 aliphatic carbocycles. The van der Waals surface area contributed by atoms with Crippen molar-refractivity contribution in [3.8, 4) is 0 Å². The summed E-state index contributed by atoms with van der Waals surface area (Å²) < 4.78 is 6.12. The number of hydrogen-bond donors (Lipinski definition) is 0. The monoisotopic (exact) mass is 508 g/mol. The molecule has 3 rings (SSSR count). The van der Waals surface area contributed by atoms with Gasteiger partial charge in [0.15, 0.2) is 0 Å². The van der Waals surface area contributed by atoms with Gasteiger partial charge in [-0.2, -0.15) is 0 Å². The summed E-state index contributed by atoms with van der Waals surface area (Å²) in [5.41, 5.74) is 4.45. The molecule has 0 aromatic carbocycles. The van der Waals surface area contributed by atoms with E-state index in [4.69, 9.17) is 4.74 Å². The van der Waals surface area contributed by atoms with Gasteiger partial charge in [-0.1, -0.05) is 119 Å². The van der Waals surface area contributed by atoms with Crippen LogP contribution in [0.4, 0.5) is 0 Å². The topological polar surface area (TPSA) is 26.3 Å². The molecule has 0 saturated heterocycles. The number of carbonyl (C=O) groups is 1. The van der Waals surface area contributed by atoms with E-state index < -0.39 is 0 Å². The van der Waals surface area contributed by atoms with Crippen LogP contribution in [0.25, 0.3) is 0 Å². The van der Waals surface area contributed by atoms with Crippen LogP contribution < -0.4 is 0 Å². The maximum absolute atomic E-state index is 12.6. The SMILES string of the molecule is C=CC(=O)OCC(/C1=C/CCCCCCCC1)(/C1=C/CCCCCCCC1)/C1=C/CCCCCCCC1. The summed E-state index contributed by atoms with van der Waals surface area (Å²) in [5.74, 6) is -0.272. The minimum atomic E-state index is -0.272. The largest absolute Gasteiger partial charge is 0.461 e. The van der Waals surface area contributed by atoms with Crippen molar-refractivity contribution in [3.05, 3.63) is 47.6 Å². The van der Waals surface area contributed by atoms with Crippen molar-refractivity contribution in [1.82, 2.24) is 0 Å². The first-order valence-corrected chi connectivity index (χ1v) is 16.1. The number of rotatable bonds is 6. The maximum atomic E-state index is 12.6. The summed E-state index contributed by atoms with van der Waals surface area (Å²) in [6.07, 6.45) is 39.9. The van der Waals surface area contributed by atoms with Crippen LogP contribution in [0, 0.1) is 5.41 Å². The van der Waals surface area contributed by atoms with E-state index in [1.165, 1.54) is 122 Å². The first-order valence-electron chi connectivity index (χ1n) is 16.1. The Bertz CT molecular complexity index is 685. The van der Waals surface area contributed by atoms with Gasteiger partial charge >= 0.3 is 5.97 Å². The molecule has 0 heterocycles. The fourth-order valence-corrected chi connectivity index (χ4v) is 6.93. The van der Waals surface area contributed by atoms with E-state index in [-0.39, 0.29) is 11.4 Å². The number of hydrogen-bond acceptors (Lipinski definition) is 2. The molecule has 2 nitrogen and oxygen atoms in total. The lowest BCUT2D eigenvalue weighted by molar-refractivity contribution is -0.139.